The van der Waals surface area contributed by atoms with E-state index < -0.39 is 9.84 Å². The van der Waals surface area contributed by atoms with Crippen LogP contribution >= 0.6 is 11.6 Å². The van der Waals surface area contributed by atoms with E-state index in [4.69, 9.17) is 11.6 Å². The predicted octanol–water partition coefficient (Wildman–Crippen LogP) is 2.44. The molecule has 0 radical (unpaired) electrons. The summed E-state index contributed by atoms with van der Waals surface area (Å²) >= 11 is 5.91. The third-order valence-corrected chi connectivity index (χ3v) is 6.09. The molecule has 0 bridgehead atoms. The monoisotopic (exact) mass is 301 g/mol. The molecule has 0 saturated carbocycles. The molecule has 5 heteroatoms. The third-order valence-electron chi connectivity index (χ3n) is 3.59. The lowest BCUT2D eigenvalue weighted by atomic mass is 10.2. The van der Waals surface area contributed by atoms with E-state index in [2.05, 4.69) is 5.32 Å². The lowest BCUT2D eigenvalue weighted by molar-refractivity contribution is 0.566. The highest BCUT2D eigenvalue weighted by Crippen LogP contribution is 2.18. The highest BCUT2D eigenvalue weighted by molar-refractivity contribution is 7.92. The smallest absolute Gasteiger partial charge is 0.153 e. The van der Waals surface area contributed by atoms with Gasteiger partial charge in [0.2, 0.25) is 0 Å². The molecule has 19 heavy (non-hydrogen) atoms. The van der Waals surface area contributed by atoms with Crippen LogP contribution in [0.3, 0.4) is 0 Å². The number of halogens is 1. The second kappa shape index (κ2) is 6.73. The normalized spacial score (nSPS) is 21.0. The maximum absolute atomic E-state index is 12.3. The van der Waals surface area contributed by atoms with Crippen molar-refractivity contribution in [3.63, 3.8) is 0 Å². The maximum atomic E-state index is 12.3. The van der Waals surface area contributed by atoms with E-state index in [9.17, 15) is 8.42 Å². The average molecular weight is 302 g/mol. The van der Waals surface area contributed by atoms with Crippen LogP contribution in [0.1, 0.15) is 24.8 Å². The van der Waals surface area contributed by atoms with Crippen LogP contribution in [0.4, 0.5) is 0 Å². The molecule has 0 aromatic heterocycles. The molecule has 0 spiro atoms. The van der Waals surface area contributed by atoms with Gasteiger partial charge in [-0.3, -0.25) is 0 Å². The molecule has 1 aromatic carbocycles. The number of aryl methyl sites for hydroxylation is 1. The molecule has 1 aliphatic heterocycles. The largest absolute Gasteiger partial charge is 0.317 e. The van der Waals surface area contributed by atoms with Crippen LogP contribution in [0.2, 0.25) is 5.02 Å². The first-order valence-electron chi connectivity index (χ1n) is 6.75. The molecular formula is C14H20ClNO2S. The lowest BCUT2D eigenvalue weighted by Gasteiger charge is -2.14. The first-order chi connectivity index (χ1) is 9.08. The summed E-state index contributed by atoms with van der Waals surface area (Å²) in [5.74, 6) is 0.220. The fourth-order valence-corrected chi connectivity index (χ4v) is 4.53. The van der Waals surface area contributed by atoms with Gasteiger partial charge in [-0.25, -0.2) is 8.42 Å². The zero-order valence-electron chi connectivity index (χ0n) is 10.9. The van der Waals surface area contributed by atoms with Crippen molar-refractivity contribution in [1.82, 2.24) is 5.32 Å². The quantitative estimate of drug-likeness (QED) is 0.929. The minimum absolute atomic E-state index is 0.179. The van der Waals surface area contributed by atoms with Crippen molar-refractivity contribution in [2.75, 3.05) is 18.8 Å². The van der Waals surface area contributed by atoms with Crippen LogP contribution in [-0.4, -0.2) is 32.5 Å². The summed E-state index contributed by atoms with van der Waals surface area (Å²) in [5.41, 5.74) is 0.989. The Balaban J connectivity index is 1.96. The van der Waals surface area contributed by atoms with E-state index in [1.165, 1.54) is 0 Å². The first-order valence-corrected chi connectivity index (χ1v) is 8.84. The zero-order chi connectivity index (χ0) is 13.7. The van der Waals surface area contributed by atoms with Crippen molar-refractivity contribution >= 4 is 21.4 Å². The summed E-state index contributed by atoms with van der Waals surface area (Å²) in [6.45, 7) is 1.74. The molecule has 1 aliphatic rings. The molecule has 1 atom stereocenters. The van der Waals surface area contributed by atoms with E-state index in [0.29, 0.717) is 11.4 Å². The van der Waals surface area contributed by atoms with Gasteiger partial charge in [0.25, 0.3) is 0 Å². The van der Waals surface area contributed by atoms with Crippen LogP contribution in [0, 0.1) is 0 Å². The molecule has 0 aliphatic carbocycles. The fraction of sp³-hybridized carbons (Fsp3) is 0.571. The van der Waals surface area contributed by atoms with Crippen molar-refractivity contribution in [3.8, 4) is 0 Å². The van der Waals surface area contributed by atoms with E-state index in [0.717, 1.165) is 37.9 Å². The lowest BCUT2D eigenvalue weighted by Crippen LogP contribution is -2.26. The van der Waals surface area contributed by atoms with Crippen LogP contribution < -0.4 is 5.32 Å². The Hall–Kier alpha value is -0.580. The summed E-state index contributed by atoms with van der Waals surface area (Å²) < 4.78 is 24.7. The highest BCUT2D eigenvalue weighted by atomic mass is 35.5. The van der Waals surface area contributed by atoms with Gasteiger partial charge >= 0.3 is 0 Å². The molecule has 1 aromatic rings. The van der Waals surface area contributed by atoms with Crippen molar-refractivity contribution in [3.05, 3.63) is 34.9 Å². The SMILES string of the molecule is O=S(=O)(CCc1cccc(Cl)c1)C1CCCNCC1. The van der Waals surface area contributed by atoms with E-state index in [-0.39, 0.29) is 11.0 Å². The van der Waals surface area contributed by atoms with Crippen molar-refractivity contribution in [2.45, 2.75) is 30.9 Å². The van der Waals surface area contributed by atoms with Gasteiger partial charge in [0.05, 0.1) is 11.0 Å². The van der Waals surface area contributed by atoms with Crippen LogP contribution in [0.5, 0.6) is 0 Å². The Morgan fingerprint density at radius 3 is 2.89 bits per heavy atom. The summed E-state index contributed by atoms with van der Waals surface area (Å²) in [6.07, 6.45) is 3.01. The van der Waals surface area contributed by atoms with Gasteiger partial charge in [0, 0.05) is 5.02 Å². The molecule has 1 fully saturated rings. The topological polar surface area (TPSA) is 46.2 Å². The third kappa shape index (κ3) is 4.48. The van der Waals surface area contributed by atoms with E-state index in [1.54, 1.807) is 6.07 Å². The molecule has 1 saturated heterocycles. The summed E-state index contributed by atoms with van der Waals surface area (Å²) in [4.78, 5) is 0. The second-order valence-electron chi connectivity index (χ2n) is 5.05. The molecule has 1 heterocycles. The van der Waals surface area contributed by atoms with Gasteiger partial charge in [-0.15, -0.1) is 0 Å². The van der Waals surface area contributed by atoms with Crippen LogP contribution in [0.15, 0.2) is 24.3 Å². The minimum atomic E-state index is -3.00. The highest BCUT2D eigenvalue weighted by Gasteiger charge is 2.25. The maximum Gasteiger partial charge on any atom is 0.153 e. The van der Waals surface area contributed by atoms with Crippen LogP contribution in [-0.2, 0) is 16.3 Å². The Morgan fingerprint density at radius 2 is 2.11 bits per heavy atom. The van der Waals surface area contributed by atoms with Gasteiger partial charge in [-0.2, -0.15) is 0 Å². The average Bonchev–Trinajstić information content (AvgIpc) is 2.66. The van der Waals surface area contributed by atoms with Gasteiger partial charge in [-0.1, -0.05) is 23.7 Å². The standard InChI is InChI=1S/C14H20ClNO2S/c15-13-4-1-3-12(11-13)7-10-19(17,18)14-5-2-8-16-9-6-14/h1,3-4,11,14,16H,2,5-10H2. The summed E-state index contributed by atoms with van der Waals surface area (Å²) in [7, 11) is -3.00. The molecule has 0 amide bonds. The fourth-order valence-electron chi connectivity index (χ4n) is 2.47. The summed E-state index contributed by atoms with van der Waals surface area (Å²) in [5, 5.41) is 3.73. The Kier molecular flexibility index (Phi) is 5.25. The van der Waals surface area contributed by atoms with Gasteiger partial charge < -0.3 is 5.32 Å². The van der Waals surface area contributed by atoms with Gasteiger partial charge in [0.1, 0.15) is 0 Å². The minimum Gasteiger partial charge on any atom is -0.317 e. The van der Waals surface area contributed by atoms with Gasteiger partial charge in [0.15, 0.2) is 9.84 Å². The Morgan fingerprint density at radius 1 is 1.26 bits per heavy atom. The second-order valence-corrected chi connectivity index (χ2v) is 7.89. The van der Waals surface area contributed by atoms with E-state index >= 15 is 0 Å². The van der Waals surface area contributed by atoms with Crippen molar-refractivity contribution < 1.29 is 8.42 Å². The van der Waals surface area contributed by atoms with E-state index in [1.807, 2.05) is 18.2 Å². The molecule has 1 unspecified atom stereocenters. The summed E-state index contributed by atoms with van der Waals surface area (Å²) in [6, 6.07) is 7.43. The number of nitrogens with one attached hydrogen (secondary N) is 1. The number of benzene rings is 1. The molecule has 106 valence electrons. The molecule has 3 nitrogen and oxygen atoms in total. The Bertz CT molecular complexity index is 508. The van der Waals surface area contributed by atoms with Gasteiger partial charge in [-0.05, 0) is 56.5 Å². The molecular weight excluding hydrogens is 282 g/mol. The number of hydrogen-bond acceptors (Lipinski definition) is 3. The number of rotatable bonds is 4. The number of sulfone groups is 1. The number of hydrogen-bond donors (Lipinski definition) is 1. The van der Waals surface area contributed by atoms with Crippen molar-refractivity contribution in [2.24, 2.45) is 0 Å². The Labute approximate surface area is 120 Å². The van der Waals surface area contributed by atoms with Crippen molar-refractivity contribution in [1.29, 1.82) is 0 Å². The molecule has 1 N–H and O–H groups in total. The van der Waals surface area contributed by atoms with Crippen LogP contribution in [0.25, 0.3) is 0 Å². The zero-order valence-corrected chi connectivity index (χ0v) is 12.5. The predicted molar refractivity (Wildman–Crippen MR) is 79.5 cm³/mol. The molecule has 2 rings (SSSR count). The first kappa shape index (κ1) is 14.8.